The number of hydrogen-bond acceptors (Lipinski definition) is 4. The zero-order chi connectivity index (χ0) is 21.8. The van der Waals surface area contributed by atoms with Crippen molar-refractivity contribution in [1.82, 2.24) is 9.62 Å². The van der Waals surface area contributed by atoms with Gasteiger partial charge >= 0.3 is 0 Å². The molecule has 7 heteroatoms. The Bertz CT molecular complexity index is 925. The standard InChI is InChI=1S/C24H35N3O3S/c1-26(2)31(29,30)20-6-7-22(27-8-4-3-5-9-27)21(15-20)24(28)25-23-18-11-16-10-17(13-18)14-19(23)12-16/h6-7,15-19,23H,3-5,8-14H2,1-2H3,(H,25,28). The number of nitrogens with one attached hydrogen (secondary N) is 1. The van der Waals surface area contributed by atoms with Crippen molar-refractivity contribution in [2.24, 2.45) is 23.7 Å². The molecule has 5 fully saturated rings. The predicted octanol–water partition coefficient (Wildman–Crippen LogP) is 3.48. The second kappa shape index (κ2) is 8.07. The highest BCUT2D eigenvalue weighted by molar-refractivity contribution is 7.89. The summed E-state index contributed by atoms with van der Waals surface area (Å²) in [6, 6.07) is 5.33. The smallest absolute Gasteiger partial charge is 0.253 e. The second-order valence-electron chi connectivity index (χ2n) is 10.4. The lowest BCUT2D eigenvalue weighted by molar-refractivity contribution is -0.0119. The molecule has 1 aromatic carbocycles. The quantitative estimate of drug-likeness (QED) is 0.753. The number of carbonyl (C=O) groups is 1. The lowest BCUT2D eigenvalue weighted by Crippen LogP contribution is -2.55. The lowest BCUT2D eigenvalue weighted by atomic mass is 9.54. The molecule has 0 aromatic heterocycles. The van der Waals surface area contributed by atoms with E-state index in [9.17, 15) is 13.2 Å². The minimum atomic E-state index is -3.60. The number of sulfonamides is 1. The number of piperidine rings is 1. The summed E-state index contributed by atoms with van der Waals surface area (Å²) in [4.78, 5) is 16.0. The lowest BCUT2D eigenvalue weighted by Gasteiger charge is -2.54. The Kier molecular flexibility index (Phi) is 5.53. The highest BCUT2D eigenvalue weighted by atomic mass is 32.2. The Morgan fingerprint density at radius 1 is 0.968 bits per heavy atom. The van der Waals surface area contributed by atoms with Crippen LogP contribution in [-0.2, 0) is 10.0 Å². The van der Waals surface area contributed by atoms with Gasteiger partial charge in [-0.15, -0.1) is 0 Å². The summed E-state index contributed by atoms with van der Waals surface area (Å²) in [5, 5.41) is 3.39. The van der Waals surface area contributed by atoms with E-state index in [0.717, 1.165) is 43.5 Å². The minimum absolute atomic E-state index is 0.103. The molecule has 1 amide bonds. The number of amides is 1. The zero-order valence-electron chi connectivity index (χ0n) is 18.7. The third kappa shape index (κ3) is 3.88. The maximum atomic E-state index is 13.6. The first kappa shape index (κ1) is 21.3. The largest absolute Gasteiger partial charge is 0.371 e. The zero-order valence-corrected chi connectivity index (χ0v) is 19.5. The first-order valence-corrected chi connectivity index (χ1v) is 13.4. The van der Waals surface area contributed by atoms with Gasteiger partial charge < -0.3 is 10.2 Å². The summed E-state index contributed by atoms with van der Waals surface area (Å²) in [6.45, 7) is 1.83. The van der Waals surface area contributed by atoms with Crippen LogP contribution < -0.4 is 10.2 Å². The fourth-order valence-corrected chi connectivity index (χ4v) is 7.80. The number of nitrogens with zero attached hydrogens (tertiary/aromatic N) is 2. The van der Waals surface area contributed by atoms with Gasteiger partial charge in [0.05, 0.1) is 10.5 Å². The average Bonchev–Trinajstić information content (AvgIpc) is 2.75. The molecular weight excluding hydrogens is 410 g/mol. The Labute approximate surface area is 186 Å². The normalized spacial score (nSPS) is 32.5. The van der Waals surface area contributed by atoms with Crippen LogP contribution in [0.5, 0.6) is 0 Å². The van der Waals surface area contributed by atoms with Crippen molar-refractivity contribution in [3.63, 3.8) is 0 Å². The van der Waals surface area contributed by atoms with Crippen molar-refractivity contribution in [2.45, 2.75) is 62.3 Å². The van der Waals surface area contributed by atoms with Gasteiger partial charge in [-0.2, -0.15) is 0 Å². The fraction of sp³-hybridized carbons (Fsp3) is 0.708. The summed E-state index contributed by atoms with van der Waals surface area (Å²) in [7, 11) is -0.535. The molecule has 170 valence electrons. The Balaban J connectivity index is 1.46. The number of hydrogen-bond donors (Lipinski definition) is 1. The van der Waals surface area contributed by atoms with E-state index in [1.807, 2.05) is 6.07 Å². The van der Waals surface area contributed by atoms with Gasteiger partial charge in [0.2, 0.25) is 10.0 Å². The van der Waals surface area contributed by atoms with Crippen molar-refractivity contribution in [3.8, 4) is 0 Å². The second-order valence-corrected chi connectivity index (χ2v) is 12.6. The van der Waals surface area contributed by atoms with Crippen molar-refractivity contribution >= 4 is 21.6 Å². The molecule has 0 radical (unpaired) electrons. The van der Waals surface area contributed by atoms with E-state index < -0.39 is 10.0 Å². The number of anilines is 1. The molecule has 4 bridgehead atoms. The van der Waals surface area contributed by atoms with Crippen molar-refractivity contribution in [1.29, 1.82) is 0 Å². The summed E-state index contributed by atoms with van der Waals surface area (Å²) < 4.78 is 26.7. The van der Waals surface area contributed by atoms with Crippen LogP contribution in [0.2, 0.25) is 0 Å². The molecule has 31 heavy (non-hydrogen) atoms. The molecule has 4 saturated carbocycles. The first-order chi connectivity index (χ1) is 14.8. The molecule has 6 nitrogen and oxygen atoms in total. The van der Waals surface area contributed by atoms with Crippen LogP contribution in [0.25, 0.3) is 0 Å². The van der Waals surface area contributed by atoms with Crippen molar-refractivity contribution in [2.75, 3.05) is 32.1 Å². The molecule has 0 unspecified atom stereocenters. The molecular formula is C24H35N3O3S. The SMILES string of the molecule is CN(C)S(=O)(=O)c1ccc(N2CCCCC2)c(C(=O)NC2C3CC4CC(C3)CC2C4)c1. The molecule has 5 aliphatic rings. The molecule has 1 N–H and O–H groups in total. The molecule has 0 atom stereocenters. The molecule has 4 aliphatic carbocycles. The highest BCUT2D eigenvalue weighted by Crippen LogP contribution is 2.53. The third-order valence-electron chi connectivity index (χ3n) is 8.21. The summed E-state index contributed by atoms with van der Waals surface area (Å²) >= 11 is 0. The maximum absolute atomic E-state index is 13.6. The van der Waals surface area contributed by atoms with Gasteiger partial charge in [0.25, 0.3) is 5.91 Å². The van der Waals surface area contributed by atoms with Crippen molar-refractivity contribution < 1.29 is 13.2 Å². The van der Waals surface area contributed by atoms with Gasteiger partial charge in [0, 0.05) is 38.9 Å². The van der Waals surface area contributed by atoms with E-state index in [1.165, 1.54) is 56.9 Å². The van der Waals surface area contributed by atoms with E-state index in [4.69, 9.17) is 0 Å². The van der Waals surface area contributed by atoms with Crippen LogP contribution in [0.15, 0.2) is 23.1 Å². The van der Waals surface area contributed by atoms with Gasteiger partial charge in [-0.1, -0.05) is 0 Å². The number of benzene rings is 1. The molecule has 0 spiro atoms. The maximum Gasteiger partial charge on any atom is 0.253 e. The van der Waals surface area contributed by atoms with Gasteiger partial charge in [-0.05, 0) is 93.2 Å². The molecule has 1 aliphatic heterocycles. The summed E-state index contributed by atoms with van der Waals surface area (Å²) in [5.74, 6) is 2.79. The Morgan fingerprint density at radius 3 is 2.16 bits per heavy atom. The molecule has 1 saturated heterocycles. The van der Waals surface area contributed by atoms with Gasteiger partial charge in [0.1, 0.15) is 0 Å². The number of rotatable bonds is 5. The van der Waals surface area contributed by atoms with Gasteiger partial charge in [0.15, 0.2) is 0 Å². The van der Waals surface area contributed by atoms with Crippen LogP contribution in [0, 0.1) is 23.7 Å². The van der Waals surface area contributed by atoms with Crippen LogP contribution in [0.1, 0.15) is 61.7 Å². The fourth-order valence-electron chi connectivity index (χ4n) is 6.87. The monoisotopic (exact) mass is 445 g/mol. The van der Waals surface area contributed by atoms with Crippen LogP contribution >= 0.6 is 0 Å². The molecule has 6 rings (SSSR count). The average molecular weight is 446 g/mol. The number of carbonyl (C=O) groups excluding carboxylic acids is 1. The van der Waals surface area contributed by atoms with Crippen LogP contribution in [0.3, 0.4) is 0 Å². The van der Waals surface area contributed by atoms with Crippen molar-refractivity contribution in [3.05, 3.63) is 23.8 Å². The van der Waals surface area contributed by atoms with E-state index in [-0.39, 0.29) is 16.8 Å². The van der Waals surface area contributed by atoms with E-state index in [1.54, 1.807) is 12.1 Å². The van der Waals surface area contributed by atoms with Crippen LogP contribution in [-0.4, -0.2) is 51.9 Å². The van der Waals surface area contributed by atoms with E-state index >= 15 is 0 Å². The van der Waals surface area contributed by atoms with Gasteiger partial charge in [-0.3, -0.25) is 4.79 Å². The van der Waals surface area contributed by atoms with Gasteiger partial charge in [-0.25, -0.2) is 12.7 Å². The summed E-state index contributed by atoms with van der Waals surface area (Å²) in [5.41, 5.74) is 1.39. The summed E-state index contributed by atoms with van der Waals surface area (Å²) in [6.07, 6.45) is 9.77. The predicted molar refractivity (Wildman–Crippen MR) is 122 cm³/mol. The third-order valence-corrected chi connectivity index (χ3v) is 10.0. The highest BCUT2D eigenvalue weighted by Gasteiger charge is 2.48. The first-order valence-electron chi connectivity index (χ1n) is 12.0. The minimum Gasteiger partial charge on any atom is -0.371 e. The Morgan fingerprint density at radius 2 is 1.58 bits per heavy atom. The van der Waals surface area contributed by atoms with Crippen LogP contribution in [0.4, 0.5) is 5.69 Å². The van der Waals surface area contributed by atoms with E-state index in [2.05, 4.69) is 10.2 Å². The molecule has 1 aromatic rings. The Hall–Kier alpha value is -1.60. The van der Waals surface area contributed by atoms with E-state index in [0.29, 0.717) is 17.4 Å². The molecule has 1 heterocycles. The topological polar surface area (TPSA) is 69.7 Å².